The summed E-state index contributed by atoms with van der Waals surface area (Å²) in [6.45, 7) is 1.96. The summed E-state index contributed by atoms with van der Waals surface area (Å²) in [4.78, 5) is 30.7. The summed E-state index contributed by atoms with van der Waals surface area (Å²) < 4.78 is 39.7. The van der Waals surface area contributed by atoms with Crippen molar-refractivity contribution in [1.29, 1.82) is 0 Å². The maximum atomic E-state index is 13.3. The van der Waals surface area contributed by atoms with Gasteiger partial charge in [-0.3, -0.25) is 9.52 Å². The summed E-state index contributed by atoms with van der Waals surface area (Å²) in [7, 11) is -0.775. The van der Waals surface area contributed by atoms with Gasteiger partial charge in [-0.2, -0.15) is 10.2 Å². The molecular weight excluding hydrogens is 665 g/mol. The molecule has 0 aliphatic heterocycles. The second-order valence-electron chi connectivity index (χ2n) is 9.68. The number of hydrogen-bond donors (Lipinski definition) is 1. The van der Waals surface area contributed by atoms with Crippen LogP contribution in [0.1, 0.15) is 36.5 Å². The summed E-state index contributed by atoms with van der Waals surface area (Å²) in [5.74, 6) is -0.683. The lowest BCUT2D eigenvalue weighted by Gasteiger charge is -2.11. The quantitative estimate of drug-likeness (QED) is 0.0450. The number of aromatic nitrogens is 1. The van der Waals surface area contributed by atoms with E-state index in [1.807, 2.05) is 25.1 Å². The van der Waals surface area contributed by atoms with E-state index in [2.05, 4.69) is 19.9 Å². The molecule has 0 saturated carbocycles. The van der Waals surface area contributed by atoms with Gasteiger partial charge in [-0.15, -0.1) is 0 Å². The van der Waals surface area contributed by atoms with Crippen LogP contribution in [0.15, 0.2) is 112 Å². The Morgan fingerprint density at radius 3 is 2.30 bits per heavy atom. The molecule has 46 heavy (non-hydrogen) atoms. The van der Waals surface area contributed by atoms with E-state index in [0.29, 0.717) is 17.9 Å². The Kier molecular flexibility index (Phi) is 10.8. The van der Waals surface area contributed by atoms with Crippen LogP contribution in [0.25, 0.3) is 10.4 Å². The van der Waals surface area contributed by atoms with E-state index in [1.54, 1.807) is 46.7 Å². The molecule has 0 aliphatic carbocycles. The van der Waals surface area contributed by atoms with Gasteiger partial charge in [-0.1, -0.05) is 52.3 Å². The summed E-state index contributed by atoms with van der Waals surface area (Å²) in [6.07, 6.45) is 3.14. The number of esters is 2. The third-order valence-corrected chi connectivity index (χ3v) is 10.6. The number of nitrogens with zero attached hydrogens (tertiary/aromatic N) is 3. The predicted molar refractivity (Wildman–Crippen MR) is 181 cm³/mol. The molecule has 1 N–H and O–H groups in total. The molecule has 10 nitrogen and oxygen atoms in total. The molecule has 234 valence electrons. The fourth-order valence-corrected chi connectivity index (χ4v) is 7.38. The van der Waals surface area contributed by atoms with Crippen molar-refractivity contribution in [1.82, 2.24) is 4.98 Å². The maximum Gasteiger partial charge on any atom is 0.347 e. The highest BCUT2D eigenvalue weighted by atomic mass is 32.9. The molecule has 0 unspecified atom stereocenters. The largest absolute Gasteiger partial charge is 0.426 e. The van der Waals surface area contributed by atoms with E-state index >= 15 is 0 Å². The Bertz CT molecular complexity index is 2030. The minimum atomic E-state index is -3.86. The highest BCUT2D eigenvalue weighted by Crippen LogP contribution is 2.32. The molecule has 0 fully saturated rings. The molecule has 5 rings (SSSR count). The topological polar surface area (TPSA) is 136 Å². The number of carbonyl (C=O) groups is 2. The molecule has 0 aliphatic rings. The zero-order valence-corrected chi connectivity index (χ0v) is 27.5. The van der Waals surface area contributed by atoms with Gasteiger partial charge < -0.3 is 9.47 Å². The lowest BCUT2D eigenvalue weighted by molar-refractivity contribution is -0.134. The van der Waals surface area contributed by atoms with Crippen LogP contribution in [0, 0.1) is 3.82 Å². The lowest BCUT2D eigenvalue weighted by Crippen LogP contribution is -2.14. The number of pyridine rings is 1. The molecule has 0 saturated heterocycles. The minimum Gasteiger partial charge on any atom is -0.426 e. The number of azo groups is 1. The number of carbonyl (C=O) groups excluding carboxylic acids is 2. The predicted octanol–water partition coefficient (Wildman–Crippen LogP) is 9.13. The van der Waals surface area contributed by atoms with Crippen molar-refractivity contribution in [3.8, 4) is 21.9 Å². The third kappa shape index (κ3) is 8.75. The number of rotatable bonds is 12. The Morgan fingerprint density at radius 1 is 0.891 bits per heavy atom. The highest BCUT2D eigenvalue weighted by molar-refractivity contribution is 7.92. The van der Waals surface area contributed by atoms with Crippen molar-refractivity contribution in [2.75, 3.05) is 4.72 Å². The molecule has 0 amide bonds. The fourth-order valence-electron chi connectivity index (χ4n) is 3.97. The zero-order chi connectivity index (χ0) is 32.5. The van der Waals surface area contributed by atoms with E-state index in [1.165, 1.54) is 52.9 Å². The number of hydrogen-bond acceptors (Lipinski definition) is 12. The normalized spacial score (nSPS) is 11.3. The molecule has 2 heterocycles. The smallest absolute Gasteiger partial charge is 0.347 e. The number of nitrogens with one attached hydrogen (secondary N) is 1. The summed E-state index contributed by atoms with van der Waals surface area (Å²) in [5.41, 5.74) is 1.58. The van der Waals surface area contributed by atoms with Gasteiger partial charge in [-0.05, 0) is 96.9 Å². The number of sulfonamides is 1. The van der Waals surface area contributed by atoms with Crippen molar-refractivity contribution in [2.24, 2.45) is 10.2 Å². The van der Waals surface area contributed by atoms with Crippen LogP contribution in [-0.2, 0) is 14.8 Å². The second kappa shape index (κ2) is 15.1. The average Bonchev–Trinajstić information content (AvgIpc) is 3.50. The van der Waals surface area contributed by atoms with Gasteiger partial charge in [0.2, 0.25) is 0 Å². The van der Waals surface area contributed by atoms with Gasteiger partial charge >= 0.3 is 11.9 Å². The van der Waals surface area contributed by atoms with Crippen LogP contribution < -0.4 is 14.2 Å². The van der Waals surface area contributed by atoms with Crippen LogP contribution in [0.3, 0.4) is 0 Å². The first-order chi connectivity index (χ1) is 22.2. The monoisotopic (exact) mass is 690 g/mol. The van der Waals surface area contributed by atoms with Crippen molar-refractivity contribution in [3.63, 3.8) is 0 Å². The van der Waals surface area contributed by atoms with E-state index in [4.69, 9.17) is 21.7 Å². The summed E-state index contributed by atoms with van der Waals surface area (Å²) >= 11 is 5.21. The van der Waals surface area contributed by atoms with Crippen LogP contribution in [0.2, 0.25) is 0 Å². The van der Waals surface area contributed by atoms with Crippen LogP contribution in [0.5, 0.6) is 11.5 Å². The number of benzene rings is 3. The van der Waals surface area contributed by atoms with Crippen LogP contribution in [0.4, 0.5) is 17.2 Å². The molecular formula is C32H26N4O6S4. The highest BCUT2D eigenvalue weighted by Gasteiger charge is 2.19. The first-order valence-electron chi connectivity index (χ1n) is 13.9. The van der Waals surface area contributed by atoms with Gasteiger partial charge in [0, 0.05) is 17.5 Å². The number of anilines is 1. The Balaban J connectivity index is 1.34. The van der Waals surface area contributed by atoms with Gasteiger partial charge in [0.1, 0.15) is 26.7 Å². The Labute approximate surface area is 277 Å². The number of ether oxygens (including phenoxy) is 2. The molecule has 0 spiro atoms. The van der Waals surface area contributed by atoms with Crippen molar-refractivity contribution >= 4 is 72.1 Å². The van der Waals surface area contributed by atoms with E-state index in [0.717, 1.165) is 20.7 Å². The zero-order valence-electron chi connectivity index (χ0n) is 24.3. The van der Waals surface area contributed by atoms with Crippen LogP contribution in [-0.4, -0.2) is 25.3 Å². The molecule has 0 radical (unpaired) electrons. The van der Waals surface area contributed by atoms with E-state index in [-0.39, 0.29) is 34.1 Å². The van der Waals surface area contributed by atoms with Crippen molar-refractivity contribution in [3.05, 3.63) is 107 Å². The SMILES string of the molecule is CCCCC(=O)Oc1ccc(/N=N/c2ccc(S(=O)(=O)Nc3ccccn3)cc2)cc1C(=O)Oc1ccc(-c2cc(=S)ss2)cc1. The average molecular weight is 691 g/mol. The standard InChI is InChI=1S/C32H26N4O6S4/c1-2-3-7-30(37)42-27-17-12-23(19-26(27)32(38)41-24-13-8-21(9-14-24)28-20-31(43)45-44-28)35-34-22-10-15-25(16-11-22)46(39,40)36-29-6-4-5-18-33-29/h4-6,8-20H,2-3,7H2,1H3,(H,33,36)/b35-34+. The lowest BCUT2D eigenvalue weighted by atomic mass is 10.1. The second-order valence-corrected chi connectivity index (χ2v) is 14.3. The third-order valence-electron chi connectivity index (χ3n) is 6.29. The van der Waals surface area contributed by atoms with Gasteiger partial charge in [-0.25, -0.2) is 18.2 Å². The van der Waals surface area contributed by atoms with Gasteiger partial charge in [0.25, 0.3) is 10.0 Å². The van der Waals surface area contributed by atoms with Crippen LogP contribution >= 0.6 is 32.9 Å². The van der Waals surface area contributed by atoms with E-state index in [9.17, 15) is 18.0 Å². The molecule has 3 aromatic carbocycles. The first-order valence-corrected chi connectivity index (χ1v) is 18.0. The van der Waals surface area contributed by atoms with Crippen molar-refractivity contribution < 1.29 is 27.5 Å². The first kappa shape index (κ1) is 32.8. The fraction of sp³-hybridized carbons (Fsp3) is 0.125. The van der Waals surface area contributed by atoms with E-state index < -0.39 is 22.0 Å². The Hall–Kier alpha value is -4.63. The molecule has 2 aromatic heterocycles. The molecule has 5 aromatic rings. The molecule has 14 heteroatoms. The maximum absolute atomic E-state index is 13.3. The van der Waals surface area contributed by atoms with Gasteiger partial charge in [0.15, 0.2) is 0 Å². The van der Waals surface area contributed by atoms with Crippen molar-refractivity contribution in [2.45, 2.75) is 31.1 Å². The minimum absolute atomic E-state index is 0.0109. The molecule has 0 atom stereocenters. The summed E-state index contributed by atoms with van der Waals surface area (Å²) in [5, 5.41) is 8.37. The van der Waals surface area contributed by atoms with Gasteiger partial charge in [0.05, 0.1) is 16.3 Å². The summed E-state index contributed by atoms with van der Waals surface area (Å²) in [6, 6.07) is 24.0. The molecule has 0 bridgehead atoms. The number of unbranched alkanes of at least 4 members (excludes halogenated alkanes) is 1. The Morgan fingerprint density at radius 2 is 1.63 bits per heavy atom.